The zero-order valence-corrected chi connectivity index (χ0v) is 12.5. The molecule has 1 aromatic heterocycles. The van der Waals surface area contributed by atoms with E-state index in [1.54, 1.807) is 0 Å². The van der Waals surface area contributed by atoms with Gasteiger partial charge in [0, 0.05) is 11.6 Å². The fourth-order valence-corrected chi connectivity index (χ4v) is 2.95. The SMILES string of the molecule is O=C(NNCc1ccccc1Cl)c1nc2ccccc2s1. The molecule has 0 aliphatic rings. The highest BCUT2D eigenvalue weighted by Gasteiger charge is 2.11. The van der Waals surface area contributed by atoms with Gasteiger partial charge in [-0.15, -0.1) is 11.3 Å². The first-order chi connectivity index (χ1) is 10.2. The third kappa shape index (κ3) is 3.21. The molecule has 0 aliphatic carbocycles. The third-order valence-electron chi connectivity index (χ3n) is 2.93. The molecule has 0 unspecified atom stereocenters. The van der Waals surface area contributed by atoms with E-state index >= 15 is 0 Å². The van der Waals surface area contributed by atoms with Crippen molar-refractivity contribution in [1.29, 1.82) is 0 Å². The number of hydrogen-bond acceptors (Lipinski definition) is 4. The van der Waals surface area contributed by atoms with Crippen LogP contribution in [0.15, 0.2) is 48.5 Å². The van der Waals surface area contributed by atoms with Crippen LogP contribution in [0.3, 0.4) is 0 Å². The molecule has 106 valence electrons. The predicted octanol–water partition coefficient (Wildman–Crippen LogP) is 3.38. The van der Waals surface area contributed by atoms with Crippen LogP contribution in [0.1, 0.15) is 15.4 Å². The molecule has 0 saturated carbocycles. The van der Waals surface area contributed by atoms with Crippen molar-refractivity contribution in [2.75, 3.05) is 0 Å². The van der Waals surface area contributed by atoms with Gasteiger partial charge in [-0.25, -0.2) is 10.4 Å². The number of nitrogens with one attached hydrogen (secondary N) is 2. The maximum Gasteiger partial charge on any atom is 0.294 e. The van der Waals surface area contributed by atoms with E-state index in [0.717, 1.165) is 15.8 Å². The van der Waals surface area contributed by atoms with Crippen LogP contribution in [0.2, 0.25) is 5.02 Å². The van der Waals surface area contributed by atoms with Crippen molar-refractivity contribution in [1.82, 2.24) is 15.8 Å². The molecule has 0 aliphatic heterocycles. The van der Waals surface area contributed by atoms with Crippen LogP contribution in [-0.4, -0.2) is 10.9 Å². The van der Waals surface area contributed by atoms with Crippen molar-refractivity contribution in [2.24, 2.45) is 0 Å². The van der Waals surface area contributed by atoms with Gasteiger partial charge in [-0.05, 0) is 23.8 Å². The Morgan fingerprint density at radius 3 is 2.71 bits per heavy atom. The number of rotatable bonds is 4. The van der Waals surface area contributed by atoms with Gasteiger partial charge in [0.15, 0.2) is 5.01 Å². The van der Waals surface area contributed by atoms with Crippen LogP contribution >= 0.6 is 22.9 Å². The van der Waals surface area contributed by atoms with Crippen LogP contribution in [0.25, 0.3) is 10.2 Å². The Kier molecular flexibility index (Phi) is 4.15. The molecule has 21 heavy (non-hydrogen) atoms. The van der Waals surface area contributed by atoms with Gasteiger partial charge in [0.05, 0.1) is 10.2 Å². The maximum atomic E-state index is 12.0. The number of carbonyl (C=O) groups excluding carboxylic acids is 1. The minimum Gasteiger partial charge on any atom is -0.285 e. The Hall–Kier alpha value is -1.95. The molecular weight excluding hydrogens is 306 g/mol. The second-order valence-corrected chi connectivity index (χ2v) is 5.82. The highest BCUT2D eigenvalue weighted by atomic mass is 35.5. The van der Waals surface area contributed by atoms with Gasteiger partial charge in [0.1, 0.15) is 0 Å². The number of amides is 1. The van der Waals surface area contributed by atoms with Crippen LogP contribution in [-0.2, 0) is 6.54 Å². The topological polar surface area (TPSA) is 54.0 Å². The Morgan fingerprint density at radius 1 is 1.14 bits per heavy atom. The van der Waals surface area contributed by atoms with Crippen LogP contribution in [0.4, 0.5) is 0 Å². The molecule has 0 saturated heterocycles. The Bertz CT molecular complexity index is 754. The maximum absolute atomic E-state index is 12.0. The molecule has 1 amide bonds. The lowest BCUT2D eigenvalue weighted by Gasteiger charge is -2.06. The minimum absolute atomic E-state index is 0.247. The number of para-hydroxylation sites is 1. The van der Waals surface area contributed by atoms with Crippen LogP contribution in [0, 0.1) is 0 Å². The van der Waals surface area contributed by atoms with E-state index in [0.29, 0.717) is 16.6 Å². The van der Waals surface area contributed by atoms with Crippen molar-refractivity contribution >= 4 is 39.1 Å². The third-order valence-corrected chi connectivity index (χ3v) is 4.33. The number of halogens is 1. The molecule has 0 spiro atoms. The monoisotopic (exact) mass is 317 g/mol. The summed E-state index contributed by atoms with van der Waals surface area (Å²) >= 11 is 7.41. The number of carbonyl (C=O) groups is 1. The first-order valence-corrected chi connectivity index (χ1v) is 7.55. The number of hydrazine groups is 1. The fourth-order valence-electron chi connectivity index (χ4n) is 1.88. The van der Waals surface area contributed by atoms with Crippen molar-refractivity contribution < 1.29 is 4.79 Å². The number of fused-ring (bicyclic) bond motifs is 1. The molecular formula is C15H12ClN3OS. The fraction of sp³-hybridized carbons (Fsp3) is 0.0667. The van der Waals surface area contributed by atoms with E-state index in [2.05, 4.69) is 15.8 Å². The highest BCUT2D eigenvalue weighted by Crippen LogP contribution is 2.21. The molecule has 0 radical (unpaired) electrons. The van der Waals surface area contributed by atoms with E-state index < -0.39 is 0 Å². The summed E-state index contributed by atoms with van der Waals surface area (Å²) in [4.78, 5) is 16.3. The summed E-state index contributed by atoms with van der Waals surface area (Å²) in [6.45, 7) is 0.455. The summed E-state index contributed by atoms with van der Waals surface area (Å²) in [5.41, 5.74) is 7.26. The first-order valence-electron chi connectivity index (χ1n) is 6.36. The van der Waals surface area contributed by atoms with Gasteiger partial charge < -0.3 is 0 Å². The van der Waals surface area contributed by atoms with E-state index in [-0.39, 0.29) is 5.91 Å². The van der Waals surface area contributed by atoms with Crippen molar-refractivity contribution in [3.63, 3.8) is 0 Å². The standard InChI is InChI=1S/C15H12ClN3OS/c16-11-6-2-1-5-10(11)9-17-19-14(20)15-18-12-7-3-4-8-13(12)21-15/h1-8,17H,9H2,(H,19,20). The summed E-state index contributed by atoms with van der Waals surface area (Å²) < 4.78 is 0.994. The van der Waals surface area contributed by atoms with Crippen LogP contribution in [0.5, 0.6) is 0 Å². The Morgan fingerprint density at radius 2 is 1.90 bits per heavy atom. The number of nitrogens with zero attached hydrogens (tertiary/aromatic N) is 1. The number of hydrogen-bond donors (Lipinski definition) is 2. The number of aromatic nitrogens is 1. The van der Waals surface area contributed by atoms with Gasteiger partial charge in [0.25, 0.3) is 5.91 Å². The summed E-state index contributed by atoms with van der Waals surface area (Å²) in [6, 6.07) is 15.1. The lowest BCUT2D eigenvalue weighted by Crippen LogP contribution is -2.36. The van der Waals surface area contributed by atoms with E-state index in [1.807, 2.05) is 48.5 Å². The average molecular weight is 318 g/mol. The molecule has 0 fully saturated rings. The van der Waals surface area contributed by atoms with E-state index in [4.69, 9.17) is 11.6 Å². The lowest BCUT2D eigenvalue weighted by atomic mass is 10.2. The molecule has 1 heterocycles. The van der Waals surface area contributed by atoms with Crippen LogP contribution < -0.4 is 10.9 Å². The van der Waals surface area contributed by atoms with Gasteiger partial charge >= 0.3 is 0 Å². The lowest BCUT2D eigenvalue weighted by molar-refractivity contribution is 0.0932. The zero-order valence-electron chi connectivity index (χ0n) is 11.0. The number of benzene rings is 2. The quantitative estimate of drug-likeness (QED) is 0.725. The van der Waals surface area contributed by atoms with Crippen molar-refractivity contribution in [3.05, 3.63) is 64.1 Å². The zero-order chi connectivity index (χ0) is 14.7. The normalized spacial score (nSPS) is 10.7. The molecule has 6 heteroatoms. The highest BCUT2D eigenvalue weighted by molar-refractivity contribution is 7.20. The molecule has 2 N–H and O–H groups in total. The number of thiazole rings is 1. The van der Waals surface area contributed by atoms with Crippen molar-refractivity contribution in [2.45, 2.75) is 6.54 Å². The Balaban J connectivity index is 1.63. The largest absolute Gasteiger partial charge is 0.294 e. The molecule has 3 rings (SSSR count). The molecule has 3 aromatic rings. The van der Waals surface area contributed by atoms with Gasteiger partial charge in [-0.2, -0.15) is 0 Å². The molecule has 2 aromatic carbocycles. The Labute approximate surface area is 130 Å². The van der Waals surface area contributed by atoms with Gasteiger partial charge in [-0.3, -0.25) is 10.2 Å². The molecule has 4 nitrogen and oxygen atoms in total. The first kappa shape index (κ1) is 14.0. The second kappa shape index (κ2) is 6.22. The average Bonchev–Trinajstić information content (AvgIpc) is 2.93. The van der Waals surface area contributed by atoms with Gasteiger partial charge in [0.2, 0.25) is 0 Å². The summed E-state index contributed by atoms with van der Waals surface area (Å²) in [7, 11) is 0. The summed E-state index contributed by atoms with van der Waals surface area (Å²) in [6.07, 6.45) is 0. The van der Waals surface area contributed by atoms with E-state index in [1.165, 1.54) is 11.3 Å². The summed E-state index contributed by atoms with van der Waals surface area (Å²) in [5.74, 6) is -0.247. The molecule has 0 atom stereocenters. The summed E-state index contributed by atoms with van der Waals surface area (Å²) in [5, 5.41) is 1.10. The smallest absolute Gasteiger partial charge is 0.285 e. The predicted molar refractivity (Wildman–Crippen MR) is 85.4 cm³/mol. The van der Waals surface area contributed by atoms with E-state index in [9.17, 15) is 4.79 Å². The minimum atomic E-state index is -0.247. The van der Waals surface area contributed by atoms with Crippen molar-refractivity contribution in [3.8, 4) is 0 Å². The molecule has 0 bridgehead atoms. The van der Waals surface area contributed by atoms with Gasteiger partial charge in [-0.1, -0.05) is 41.9 Å². The second-order valence-electron chi connectivity index (χ2n) is 4.39.